The van der Waals surface area contributed by atoms with Crippen LogP contribution in [0.2, 0.25) is 0 Å². The third kappa shape index (κ3) is 8.84. The molecule has 340 valence electrons. The molecule has 0 bridgehead atoms. The van der Waals surface area contributed by atoms with Crippen molar-refractivity contribution in [3.05, 3.63) is 65.4 Å². The zero-order valence-corrected chi connectivity index (χ0v) is 35.5. The molecule has 20 heteroatoms. The smallest absolute Gasteiger partial charge is 0.284 e. The van der Waals surface area contributed by atoms with Crippen molar-refractivity contribution in [2.45, 2.75) is 94.5 Å². The van der Waals surface area contributed by atoms with Gasteiger partial charge in [0.25, 0.3) is 18.2 Å². The number of amides is 4. The van der Waals surface area contributed by atoms with Gasteiger partial charge in [0.15, 0.2) is 11.3 Å². The van der Waals surface area contributed by atoms with Gasteiger partial charge < -0.3 is 14.8 Å². The number of hydrogen-bond acceptors (Lipinski definition) is 11. The fourth-order valence-corrected chi connectivity index (χ4v) is 9.62. The van der Waals surface area contributed by atoms with Gasteiger partial charge in [-0.15, -0.1) is 0 Å². The Bertz CT molecular complexity index is 2710. The van der Waals surface area contributed by atoms with Crippen LogP contribution in [0.5, 0.6) is 0 Å². The van der Waals surface area contributed by atoms with E-state index in [0.29, 0.717) is 62.8 Å². The zero-order valence-electron chi connectivity index (χ0n) is 35.5. The number of piperidine rings is 2. The van der Waals surface area contributed by atoms with E-state index in [4.69, 9.17) is 14.6 Å². The highest BCUT2D eigenvalue weighted by molar-refractivity contribution is 6.08. The van der Waals surface area contributed by atoms with Crippen molar-refractivity contribution in [2.24, 2.45) is 5.92 Å². The van der Waals surface area contributed by atoms with E-state index in [-0.39, 0.29) is 72.9 Å². The average Bonchev–Trinajstić information content (AvgIpc) is 3.72. The maximum absolute atomic E-state index is 15.5. The number of imide groups is 1. The van der Waals surface area contributed by atoms with Crippen molar-refractivity contribution >= 4 is 51.7 Å². The third-order valence-electron chi connectivity index (χ3n) is 13.2. The summed E-state index contributed by atoms with van der Waals surface area (Å²) in [4.78, 5) is 58.5. The monoisotopic (exact) mass is 895 g/mol. The normalized spacial score (nSPS) is 24.4. The first-order chi connectivity index (χ1) is 31.6. The van der Waals surface area contributed by atoms with Crippen LogP contribution < -0.4 is 15.5 Å². The second-order valence-electron chi connectivity index (χ2n) is 17.5. The molecule has 0 spiro atoms. The summed E-state index contributed by atoms with van der Waals surface area (Å²) in [6.45, 7) is 2.27. The van der Waals surface area contributed by atoms with Crippen LogP contribution in [0.4, 0.5) is 24.7 Å². The number of morpholine rings is 1. The number of anilines is 2. The molecule has 4 amide bonds. The summed E-state index contributed by atoms with van der Waals surface area (Å²) >= 11 is 0. The lowest BCUT2D eigenvalue weighted by Crippen LogP contribution is -2.47. The number of ether oxygens (including phenoxy) is 2. The van der Waals surface area contributed by atoms with Crippen LogP contribution in [0.25, 0.3) is 16.6 Å². The van der Waals surface area contributed by atoms with Crippen LogP contribution in [0.15, 0.2) is 42.9 Å². The van der Waals surface area contributed by atoms with Gasteiger partial charge in [-0.25, -0.2) is 22.7 Å². The lowest BCUT2D eigenvalue weighted by Gasteiger charge is -2.38. The van der Waals surface area contributed by atoms with Gasteiger partial charge in [0.1, 0.15) is 30.8 Å². The predicted molar refractivity (Wildman–Crippen MR) is 228 cm³/mol. The highest BCUT2D eigenvalue weighted by Crippen LogP contribution is 2.41. The van der Waals surface area contributed by atoms with Crippen LogP contribution in [-0.2, 0) is 23.9 Å². The summed E-state index contributed by atoms with van der Waals surface area (Å²) in [5, 5.41) is 19.2. The summed E-state index contributed by atoms with van der Waals surface area (Å²) in [6.07, 6.45) is 5.80. The van der Waals surface area contributed by atoms with Crippen LogP contribution in [0.1, 0.15) is 110 Å². The Balaban J connectivity index is 0.715. The number of likely N-dealkylation sites (tertiary alicyclic amines) is 1. The second kappa shape index (κ2) is 18.0. The number of alkyl halides is 3. The molecule has 2 N–H and O–H groups in total. The van der Waals surface area contributed by atoms with Crippen LogP contribution >= 0.6 is 0 Å². The van der Waals surface area contributed by atoms with E-state index < -0.39 is 36.2 Å². The summed E-state index contributed by atoms with van der Waals surface area (Å²) in [5.74, 6) is 4.87. The van der Waals surface area contributed by atoms with Crippen molar-refractivity contribution < 1.29 is 41.8 Å². The molecule has 65 heavy (non-hydrogen) atoms. The molecule has 4 aromatic heterocycles. The van der Waals surface area contributed by atoms with Crippen LogP contribution in [0, 0.1) is 17.8 Å². The lowest BCUT2D eigenvalue weighted by molar-refractivity contribution is -0.134. The molecular weight excluding hydrogens is 848 g/mol. The van der Waals surface area contributed by atoms with E-state index in [9.17, 15) is 28.0 Å². The Morgan fingerprint density at radius 1 is 1.02 bits per heavy atom. The molecule has 1 unspecified atom stereocenters. The predicted octanol–water partition coefficient (Wildman–Crippen LogP) is 4.90. The highest BCUT2D eigenvalue weighted by Gasteiger charge is 2.36. The van der Waals surface area contributed by atoms with Crippen molar-refractivity contribution in [2.75, 3.05) is 56.2 Å². The van der Waals surface area contributed by atoms with Gasteiger partial charge in [0.05, 0.1) is 65.9 Å². The number of carbonyl (C=O) groups excluding carboxylic acids is 4. The standard InChI is InChI=1S/C45H48F3N11O6/c46-33-23-55(16-14-35(33)65-19-2-4-27-3-1-5-30-39(31-12-13-37(60)52-44(31)62)54-59(41(27)30)29-10-11-29)22-26-6-8-28(9-7-26)58-24-34(40(53-58)42(47)48)50-45(63)32-21-49-57-17-15-36(51-43(32)57)56-18-20-64-25-38(56)61/h1,3,5,15,17,21,24,26,28-29,31,33,35,42H,6-14,16,18-20,22-23,25H2,(H,50,63)(H,52,60,62)/t26-,28-,31?,33-,35+/m0/s1. The lowest BCUT2D eigenvalue weighted by atomic mass is 9.85. The van der Waals surface area contributed by atoms with E-state index in [1.54, 1.807) is 12.3 Å². The van der Waals surface area contributed by atoms with Gasteiger partial charge in [0, 0.05) is 43.8 Å². The Labute approximate surface area is 371 Å². The maximum atomic E-state index is 15.5. The van der Waals surface area contributed by atoms with E-state index in [1.807, 2.05) is 22.9 Å². The molecule has 5 aromatic rings. The minimum Gasteiger partial charge on any atom is -0.370 e. The zero-order chi connectivity index (χ0) is 44.8. The first-order valence-electron chi connectivity index (χ1n) is 22.3. The number of nitrogens with zero attached hydrogens (tertiary/aromatic N) is 9. The van der Waals surface area contributed by atoms with Gasteiger partial charge in [-0.3, -0.25) is 43.7 Å². The maximum Gasteiger partial charge on any atom is 0.284 e. The van der Waals surface area contributed by atoms with Gasteiger partial charge in [-0.05, 0) is 69.4 Å². The number of nitrogens with one attached hydrogen (secondary N) is 2. The number of halogens is 3. The van der Waals surface area contributed by atoms with Crippen molar-refractivity contribution in [3.63, 3.8) is 0 Å². The quantitative estimate of drug-likeness (QED) is 0.136. The van der Waals surface area contributed by atoms with Crippen molar-refractivity contribution in [3.8, 4) is 11.8 Å². The van der Waals surface area contributed by atoms with E-state index in [0.717, 1.165) is 48.7 Å². The largest absolute Gasteiger partial charge is 0.370 e. The number of para-hydroxylation sites is 1. The molecule has 5 fully saturated rings. The Kier molecular flexibility index (Phi) is 11.8. The first-order valence-corrected chi connectivity index (χ1v) is 22.3. The molecule has 1 aromatic carbocycles. The highest BCUT2D eigenvalue weighted by atomic mass is 19.3. The summed E-state index contributed by atoms with van der Waals surface area (Å²) in [7, 11) is 0. The Morgan fingerprint density at radius 3 is 2.62 bits per heavy atom. The van der Waals surface area contributed by atoms with E-state index in [1.165, 1.54) is 26.5 Å². The van der Waals surface area contributed by atoms with Gasteiger partial charge >= 0.3 is 0 Å². The molecule has 10 rings (SSSR count). The SMILES string of the molecule is O=C1CCC(c2nn(C3CC3)c3c(C#CCO[C@@H]4CCN(C[C@H]5CC[C@H](n6cc(NC(=O)c7cnn8ccc(N9CCOCC9=O)nc78)c(C(F)F)n6)CC5)C[C@@H]4F)cccc23)C(=O)N1. The molecule has 3 atom stereocenters. The number of carbonyl (C=O) groups is 4. The minimum atomic E-state index is -2.93. The van der Waals surface area contributed by atoms with Crippen molar-refractivity contribution in [1.29, 1.82) is 0 Å². The van der Waals surface area contributed by atoms with Gasteiger partial charge in [-0.1, -0.05) is 24.0 Å². The molecule has 17 nitrogen and oxygen atoms in total. The number of benzene rings is 1. The molecule has 5 aliphatic rings. The van der Waals surface area contributed by atoms with Crippen molar-refractivity contribution in [1.82, 2.24) is 44.4 Å². The Morgan fingerprint density at radius 2 is 1.85 bits per heavy atom. The number of rotatable bonds is 11. The second-order valence-corrected chi connectivity index (χ2v) is 17.5. The summed E-state index contributed by atoms with van der Waals surface area (Å²) < 4.78 is 60.1. The van der Waals surface area contributed by atoms with E-state index in [2.05, 4.69) is 42.6 Å². The third-order valence-corrected chi connectivity index (χ3v) is 13.2. The topological polar surface area (TPSA) is 183 Å². The van der Waals surface area contributed by atoms with E-state index >= 15 is 4.39 Å². The van der Waals surface area contributed by atoms with Gasteiger partial charge in [-0.2, -0.15) is 15.3 Å². The minimum absolute atomic E-state index is 0.0484. The molecule has 3 aliphatic heterocycles. The molecule has 7 heterocycles. The number of fused-ring (bicyclic) bond motifs is 2. The van der Waals surface area contributed by atoms with Crippen LogP contribution in [0.3, 0.4) is 0 Å². The first kappa shape index (κ1) is 42.8. The fourth-order valence-electron chi connectivity index (χ4n) is 9.62. The van der Waals surface area contributed by atoms with Gasteiger partial charge in [0.2, 0.25) is 11.8 Å². The number of hydrogen-bond donors (Lipinski definition) is 2. The molecular formula is C45H48F3N11O6. The molecule has 2 saturated carbocycles. The summed E-state index contributed by atoms with van der Waals surface area (Å²) in [6, 6.07) is 7.44. The molecule has 0 radical (unpaired) electrons. The summed E-state index contributed by atoms with van der Waals surface area (Å²) in [5.41, 5.74) is 1.86. The fraction of sp³-hybridized carbons (Fsp3) is 0.511. The Hall–Kier alpha value is -6.17. The molecule has 3 saturated heterocycles. The average molecular weight is 896 g/mol. The van der Waals surface area contributed by atoms with Crippen LogP contribution in [-0.4, -0.2) is 121 Å². The number of aromatic nitrogens is 7. The molecule has 2 aliphatic carbocycles.